The number of hydrogen-bond acceptors (Lipinski definition) is 1. The van der Waals surface area contributed by atoms with E-state index in [0.717, 1.165) is 36.2 Å². The van der Waals surface area contributed by atoms with Gasteiger partial charge in [-0.2, -0.15) is 0 Å². The lowest BCUT2D eigenvalue weighted by atomic mass is 9.77. The molecule has 3 aromatic rings. The molecule has 0 saturated heterocycles. The largest absolute Gasteiger partial charge is 0.326 e. The molecule has 5 rings (SSSR count). The lowest BCUT2D eigenvalue weighted by Crippen LogP contribution is -2.41. The molecular weight excluding hydrogens is 416 g/mol. The van der Waals surface area contributed by atoms with E-state index in [0.29, 0.717) is 5.92 Å². The standard InChI is InChI=1S/C31H36N2O/c1-3-23-9-11-24(12-10-23)25-13-15-26(16-14-25)27-17-18-30-28(20-27)19-22(2)21-33(30)31(34)32-29-7-5-4-6-8-29/h4-8,13-18,20,22-24H,3,9-12,19,21H2,1-2H3,(H,32,34). The van der Waals surface area contributed by atoms with Crippen molar-refractivity contribution < 1.29 is 4.79 Å². The predicted molar refractivity (Wildman–Crippen MR) is 143 cm³/mol. The molecule has 0 aromatic heterocycles. The maximum Gasteiger partial charge on any atom is 0.326 e. The molecule has 1 aliphatic carbocycles. The van der Waals surface area contributed by atoms with Crippen molar-refractivity contribution in [1.82, 2.24) is 0 Å². The van der Waals surface area contributed by atoms with Gasteiger partial charge in [0.1, 0.15) is 0 Å². The van der Waals surface area contributed by atoms with Crippen LogP contribution in [0.15, 0.2) is 72.8 Å². The van der Waals surface area contributed by atoms with Gasteiger partial charge in [0, 0.05) is 17.9 Å². The van der Waals surface area contributed by atoms with Crippen LogP contribution in [0.2, 0.25) is 0 Å². The van der Waals surface area contributed by atoms with Crippen molar-refractivity contribution in [3.63, 3.8) is 0 Å². The molecule has 0 bridgehead atoms. The van der Waals surface area contributed by atoms with Crippen LogP contribution in [0.1, 0.15) is 63.0 Å². The van der Waals surface area contributed by atoms with Crippen molar-refractivity contribution in [1.29, 1.82) is 0 Å². The SMILES string of the molecule is CCC1CCC(c2ccc(-c3ccc4c(c3)CC(C)CN4C(=O)Nc3ccccc3)cc2)CC1. The molecule has 2 amide bonds. The number of nitrogens with one attached hydrogen (secondary N) is 1. The van der Waals surface area contributed by atoms with Crippen molar-refractivity contribution in [2.45, 2.75) is 58.3 Å². The van der Waals surface area contributed by atoms with Gasteiger partial charge in [-0.3, -0.25) is 4.90 Å². The summed E-state index contributed by atoms with van der Waals surface area (Å²) >= 11 is 0. The van der Waals surface area contributed by atoms with Crippen molar-refractivity contribution in [2.24, 2.45) is 11.8 Å². The Labute approximate surface area is 204 Å². The summed E-state index contributed by atoms with van der Waals surface area (Å²) in [5.74, 6) is 2.07. The second-order valence-electron chi connectivity index (χ2n) is 10.3. The minimum absolute atomic E-state index is 0.0612. The fraction of sp³-hybridized carbons (Fsp3) is 0.387. The van der Waals surface area contributed by atoms with E-state index < -0.39 is 0 Å². The number of rotatable bonds is 4. The van der Waals surface area contributed by atoms with Crippen LogP contribution < -0.4 is 10.2 Å². The van der Waals surface area contributed by atoms with Gasteiger partial charge in [-0.25, -0.2) is 4.79 Å². The first-order valence-electron chi connectivity index (χ1n) is 13.0. The van der Waals surface area contributed by atoms with Crippen molar-refractivity contribution >= 4 is 17.4 Å². The number of benzene rings is 3. The summed E-state index contributed by atoms with van der Waals surface area (Å²) in [5, 5.41) is 3.05. The van der Waals surface area contributed by atoms with Crippen molar-refractivity contribution in [2.75, 3.05) is 16.8 Å². The maximum atomic E-state index is 13.1. The number of amides is 2. The van der Waals surface area contributed by atoms with Crippen LogP contribution in [0.5, 0.6) is 0 Å². The molecule has 3 nitrogen and oxygen atoms in total. The number of hydrogen-bond donors (Lipinski definition) is 1. The Bertz CT molecular complexity index is 1110. The summed E-state index contributed by atoms with van der Waals surface area (Å²) < 4.78 is 0. The molecule has 1 heterocycles. The lowest BCUT2D eigenvalue weighted by molar-refractivity contribution is 0.255. The summed E-state index contributed by atoms with van der Waals surface area (Å²) in [6, 6.07) is 25.5. The zero-order valence-corrected chi connectivity index (χ0v) is 20.5. The third-order valence-corrected chi connectivity index (χ3v) is 7.84. The highest BCUT2D eigenvalue weighted by molar-refractivity contribution is 6.02. The smallest absolute Gasteiger partial charge is 0.308 e. The van der Waals surface area contributed by atoms with Crippen LogP contribution in [-0.2, 0) is 6.42 Å². The fourth-order valence-corrected chi connectivity index (χ4v) is 5.80. The Kier molecular flexibility index (Phi) is 6.71. The van der Waals surface area contributed by atoms with Crippen molar-refractivity contribution in [3.05, 3.63) is 83.9 Å². The molecule has 1 atom stereocenters. The molecule has 0 radical (unpaired) electrons. The summed E-state index contributed by atoms with van der Waals surface area (Å²) in [6.45, 7) is 5.29. The zero-order chi connectivity index (χ0) is 23.5. The van der Waals surface area contributed by atoms with Gasteiger partial charge in [0.25, 0.3) is 0 Å². The van der Waals surface area contributed by atoms with Gasteiger partial charge in [0.05, 0.1) is 0 Å². The maximum absolute atomic E-state index is 13.1. The Hall–Kier alpha value is -3.07. The summed E-state index contributed by atoms with van der Waals surface area (Å²) in [4.78, 5) is 15.0. The lowest BCUT2D eigenvalue weighted by Gasteiger charge is -2.33. The Morgan fingerprint density at radius 2 is 1.62 bits per heavy atom. The van der Waals surface area contributed by atoms with Crippen LogP contribution >= 0.6 is 0 Å². The molecule has 2 aliphatic rings. The van der Waals surface area contributed by atoms with E-state index in [9.17, 15) is 4.79 Å². The molecular formula is C31H36N2O. The molecule has 1 saturated carbocycles. The van der Waals surface area contributed by atoms with Gasteiger partial charge in [-0.1, -0.05) is 68.8 Å². The summed E-state index contributed by atoms with van der Waals surface area (Å²) in [6.07, 6.45) is 7.73. The average Bonchev–Trinajstić information content (AvgIpc) is 2.88. The number of nitrogens with zero attached hydrogens (tertiary/aromatic N) is 1. The number of fused-ring (bicyclic) bond motifs is 1. The predicted octanol–water partition coefficient (Wildman–Crippen LogP) is 8.27. The first kappa shape index (κ1) is 22.7. The second kappa shape index (κ2) is 10.0. The van der Waals surface area contributed by atoms with E-state index >= 15 is 0 Å². The van der Waals surface area contributed by atoms with E-state index in [1.807, 2.05) is 35.2 Å². The minimum atomic E-state index is -0.0612. The van der Waals surface area contributed by atoms with E-state index in [2.05, 4.69) is 61.6 Å². The third kappa shape index (κ3) is 4.89. The molecule has 0 spiro atoms. The number of para-hydroxylation sites is 1. The van der Waals surface area contributed by atoms with Gasteiger partial charge >= 0.3 is 6.03 Å². The molecule has 1 fully saturated rings. The van der Waals surface area contributed by atoms with Crippen LogP contribution in [-0.4, -0.2) is 12.6 Å². The normalized spacial score (nSPS) is 22.2. The van der Waals surface area contributed by atoms with Gasteiger partial charge in [-0.15, -0.1) is 0 Å². The van der Waals surface area contributed by atoms with Crippen LogP contribution in [0.4, 0.5) is 16.2 Å². The second-order valence-corrected chi connectivity index (χ2v) is 10.3. The number of carbonyl (C=O) groups is 1. The summed E-state index contributed by atoms with van der Waals surface area (Å²) in [7, 11) is 0. The van der Waals surface area contributed by atoms with Gasteiger partial charge in [0.15, 0.2) is 0 Å². The highest BCUT2D eigenvalue weighted by Crippen LogP contribution is 2.38. The number of anilines is 2. The average molecular weight is 453 g/mol. The van der Waals surface area contributed by atoms with Crippen molar-refractivity contribution in [3.8, 4) is 11.1 Å². The number of carbonyl (C=O) groups excluding carboxylic acids is 1. The molecule has 1 aliphatic heterocycles. The number of urea groups is 1. The van der Waals surface area contributed by atoms with Gasteiger partial charge in [-0.05, 0) is 96.4 Å². The van der Waals surface area contributed by atoms with E-state index in [1.165, 1.54) is 54.4 Å². The monoisotopic (exact) mass is 452 g/mol. The highest BCUT2D eigenvalue weighted by atomic mass is 16.2. The van der Waals surface area contributed by atoms with Crippen LogP contribution in [0.25, 0.3) is 11.1 Å². The highest BCUT2D eigenvalue weighted by Gasteiger charge is 2.27. The molecule has 1 unspecified atom stereocenters. The molecule has 3 aromatic carbocycles. The molecule has 34 heavy (non-hydrogen) atoms. The topological polar surface area (TPSA) is 32.3 Å². The molecule has 1 N–H and O–H groups in total. The van der Waals surface area contributed by atoms with Crippen LogP contribution in [0, 0.1) is 11.8 Å². The Morgan fingerprint density at radius 1 is 0.912 bits per heavy atom. The molecule has 176 valence electrons. The quantitative estimate of drug-likeness (QED) is 0.424. The third-order valence-electron chi connectivity index (χ3n) is 7.84. The van der Waals surface area contributed by atoms with Gasteiger partial charge in [0.2, 0.25) is 0 Å². The van der Waals surface area contributed by atoms with Gasteiger partial charge < -0.3 is 5.32 Å². The summed E-state index contributed by atoms with van der Waals surface area (Å²) in [5.41, 5.74) is 7.09. The zero-order valence-electron chi connectivity index (χ0n) is 20.5. The first-order valence-corrected chi connectivity index (χ1v) is 13.0. The minimum Gasteiger partial charge on any atom is -0.308 e. The Morgan fingerprint density at radius 3 is 2.32 bits per heavy atom. The van der Waals surface area contributed by atoms with E-state index in [1.54, 1.807) is 0 Å². The Balaban J connectivity index is 1.33. The molecule has 3 heteroatoms. The van der Waals surface area contributed by atoms with E-state index in [4.69, 9.17) is 0 Å². The fourth-order valence-electron chi connectivity index (χ4n) is 5.80. The van der Waals surface area contributed by atoms with E-state index in [-0.39, 0.29) is 6.03 Å². The van der Waals surface area contributed by atoms with Crippen LogP contribution in [0.3, 0.4) is 0 Å². The first-order chi connectivity index (χ1) is 16.6.